The molecule has 0 aliphatic heterocycles. The van der Waals surface area contributed by atoms with Crippen LogP contribution >= 0.6 is 22.6 Å². The number of nitrogens with zero attached hydrogens (tertiary/aromatic N) is 4. The van der Waals surface area contributed by atoms with Crippen LogP contribution < -0.4 is 24.8 Å². The Balaban J connectivity index is 0.000000201. The smallest absolute Gasteiger partial charge is 0.256 e. The normalized spacial score (nSPS) is 16.8. The molecule has 3 aliphatic carbocycles. The zero-order valence-corrected chi connectivity index (χ0v) is 39.7. The molecule has 0 bridgehead atoms. The minimum Gasteiger partial charge on any atom is -1.00 e. The Labute approximate surface area is 396 Å². The van der Waals surface area contributed by atoms with Crippen LogP contribution in [0, 0.1) is 15.2 Å². The second-order valence-corrected chi connectivity index (χ2v) is 17.7. The van der Waals surface area contributed by atoms with Gasteiger partial charge in [-0.05, 0) is 174 Å². The number of benzene rings is 4. The molecule has 14 heteroatoms. The van der Waals surface area contributed by atoms with Crippen molar-refractivity contribution in [3.63, 3.8) is 0 Å². The Morgan fingerprint density at radius 3 is 1.55 bits per heavy atom. The van der Waals surface area contributed by atoms with Gasteiger partial charge in [0.15, 0.2) is 0 Å². The molecular weight excluding hydrogens is 944 g/mol. The Kier molecular flexibility index (Phi) is 21.1. The van der Waals surface area contributed by atoms with Gasteiger partial charge in [0.25, 0.3) is 11.8 Å². The van der Waals surface area contributed by atoms with Gasteiger partial charge in [0.1, 0.15) is 23.1 Å². The lowest BCUT2D eigenvalue weighted by Crippen LogP contribution is -3.00. The first kappa shape index (κ1) is 51.1. The molecule has 0 radical (unpaired) electrons. The summed E-state index contributed by atoms with van der Waals surface area (Å²) in [5.41, 5.74) is 2.29. The van der Waals surface area contributed by atoms with Gasteiger partial charge in [0.05, 0.1) is 36.4 Å². The Bertz CT molecular complexity index is 2140. The maximum absolute atomic E-state index is 13.4. The van der Waals surface area contributed by atoms with Crippen molar-refractivity contribution in [1.29, 1.82) is 0 Å². The Hall–Kier alpha value is -4.93. The lowest BCUT2D eigenvalue weighted by atomic mass is 9.90. The summed E-state index contributed by atoms with van der Waals surface area (Å²) in [6, 6.07) is 29.4. The highest BCUT2D eigenvalue weighted by molar-refractivity contribution is 14.1. The van der Waals surface area contributed by atoms with Crippen molar-refractivity contribution in [2.45, 2.75) is 101 Å². The highest BCUT2D eigenvalue weighted by Crippen LogP contribution is 2.29. The number of para-hydroxylation sites is 1. The number of halogens is 4. The summed E-state index contributed by atoms with van der Waals surface area (Å²) in [6.45, 7) is 2.29. The van der Waals surface area contributed by atoms with Gasteiger partial charge < -0.3 is 39.2 Å². The second-order valence-electron chi connectivity index (χ2n) is 16.5. The van der Waals surface area contributed by atoms with Crippen LogP contribution in [0.15, 0.2) is 116 Å². The molecular formula is C51H63F3IN6O4-. The maximum Gasteiger partial charge on any atom is 0.256 e. The van der Waals surface area contributed by atoms with Crippen LogP contribution in [0.1, 0.15) is 97.8 Å². The fourth-order valence-electron chi connectivity index (χ4n) is 8.26. The third-order valence-corrected chi connectivity index (χ3v) is 13.3. The molecule has 3 fully saturated rings. The molecule has 1 heterocycles. The number of hydrogen-bond donors (Lipinski definition) is 2. The summed E-state index contributed by atoms with van der Waals surface area (Å²) in [6.07, 6.45) is 18.8. The number of ether oxygens (including phenoxy) is 2. The largest absolute Gasteiger partial charge is 1.00 e. The van der Waals surface area contributed by atoms with E-state index in [0.29, 0.717) is 67.9 Å². The van der Waals surface area contributed by atoms with E-state index >= 15 is 0 Å². The number of amides is 2. The number of nitrogens with one attached hydrogen (secondary N) is 2. The standard InChI is InChI=1S/C23H24FN3O2.C20H21FINO2.C8H18N2.FH/c24-18-9-11-20(12-10-18)29-16-4-14-27(19-5-3-6-19)23(28)21-7-1-2-8-22(21)26-15-13-25-17-26;21-15-9-11-17(12-10-15)25-14-4-13-23(16-5-3-6-16)20(24)18-7-1-2-8-19(18)22;1-9-7-5-3-4-6-8(7)10-2;/h1-2,7-13,15,17,19H,3-6,14,16H2;1-2,7-12,16H,3-6,13-14H2;7-10H,3-6H2,1-2H3;1H/p-1/t;;7-,8-;/m..1./s1. The van der Waals surface area contributed by atoms with Gasteiger partial charge in [-0.15, -0.1) is 0 Å². The molecule has 8 rings (SSSR count). The molecule has 3 aliphatic rings. The van der Waals surface area contributed by atoms with Crippen LogP contribution in [0.5, 0.6) is 11.5 Å². The van der Waals surface area contributed by atoms with Crippen LogP contribution in [0.25, 0.3) is 5.69 Å². The highest BCUT2D eigenvalue weighted by atomic mass is 127. The molecule has 10 nitrogen and oxygen atoms in total. The summed E-state index contributed by atoms with van der Waals surface area (Å²) >= 11 is 2.22. The van der Waals surface area contributed by atoms with Crippen molar-refractivity contribution in [3.8, 4) is 17.2 Å². The third kappa shape index (κ3) is 15.0. The van der Waals surface area contributed by atoms with Gasteiger partial charge in [-0.25, -0.2) is 13.8 Å². The SMILES string of the molecule is CN[C@@H]1CCCC[C@H]1NC.O=C(c1ccccc1-n1ccnc1)N(CCCOc1ccc(F)cc1)C1CCC1.O=C(c1ccccc1I)N(CCCOc1ccc(F)cc1)C1CCC1.[F-]. The van der Waals surface area contributed by atoms with E-state index in [1.54, 1.807) is 36.8 Å². The molecule has 4 aromatic carbocycles. The van der Waals surface area contributed by atoms with E-state index in [2.05, 4.69) is 52.3 Å². The van der Waals surface area contributed by atoms with Crippen LogP contribution in [0.2, 0.25) is 0 Å². The number of imidazole rings is 1. The van der Waals surface area contributed by atoms with E-state index in [4.69, 9.17) is 9.47 Å². The average Bonchev–Trinajstić information content (AvgIpc) is 3.84. The first-order valence-corrected chi connectivity index (χ1v) is 23.9. The van der Waals surface area contributed by atoms with Crippen molar-refractivity contribution in [1.82, 2.24) is 30.0 Å². The van der Waals surface area contributed by atoms with E-state index in [0.717, 1.165) is 53.3 Å². The minimum atomic E-state index is -0.282. The molecule has 0 spiro atoms. The van der Waals surface area contributed by atoms with Crippen LogP contribution in [0.3, 0.4) is 0 Å². The number of carbonyl (C=O) groups excluding carboxylic acids is 2. The molecule has 2 atom stereocenters. The van der Waals surface area contributed by atoms with Gasteiger partial charge >= 0.3 is 0 Å². The van der Waals surface area contributed by atoms with Crippen LogP contribution in [0.4, 0.5) is 8.78 Å². The minimum absolute atomic E-state index is 0. The molecule has 2 N–H and O–H groups in total. The van der Waals surface area contributed by atoms with E-state index in [9.17, 15) is 18.4 Å². The fraction of sp³-hybridized carbons (Fsp3) is 0.431. The molecule has 0 unspecified atom stereocenters. The number of rotatable bonds is 17. The number of hydrogen-bond acceptors (Lipinski definition) is 7. The lowest BCUT2D eigenvalue weighted by Gasteiger charge is -2.38. The lowest BCUT2D eigenvalue weighted by molar-refractivity contribution is -0.0000412. The zero-order valence-electron chi connectivity index (χ0n) is 37.5. The van der Waals surface area contributed by atoms with Crippen molar-refractivity contribution in [2.24, 2.45) is 0 Å². The fourth-order valence-corrected chi connectivity index (χ4v) is 8.87. The predicted octanol–water partition coefficient (Wildman–Crippen LogP) is 7.11. The van der Waals surface area contributed by atoms with E-state index in [1.165, 1.54) is 56.4 Å². The molecule has 0 saturated heterocycles. The quantitative estimate of drug-likeness (QED) is 0.0758. The number of likely N-dealkylation sites (N-methyl/N-ethyl adjacent to an activating group) is 2. The number of carbonyl (C=O) groups is 2. The summed E-state index contributed by atoms with van der Waals surface area (Å²) in [5.74, 6) is 0.887. The Morgan fingerprint density at radius 1 is 0.662 bits per heavy atom. The summed E-state index contributed by atoms with van der Waals surface area (Å²) < 4.78 is 40.1. The Morgan fingerprint density at radius 2 is 1.12 bits per heavy atom. The highest BCUT2D eigenvalue weighted by Gasteiger charge is 2.31. The van der Waals surface area contributed by atoms with E-state index in [-0.39, 0.29) is 34.2 Å². The number of aromatic nitrogens is 2. The van der Waals surface area contributed by atoms with Crippen molar-refractivity contribution in [2.75, 3.05) is 40.4 Å². The molecule has 350 valence electrons. The van der Waals surface area contributed by atoms with Gasteiger partial charge in [-0.1, -0.05) is 37.1 Å². The van der Waals surface area contributed by atoms with Crippen LogP contribution in [-0.4, -0.2) is 95.7 Å². The predicted molar refractivity (Wildman–Crippen MR) is 257 cm³/mol. The molecule has 1 aromatic heterocycles. The van der Waals surface area contributed by atoms with E-state index in [1.807, 2.05) is 69.1 Å². The topological polar surface area (TPSA) is 101 Å². The first-order chi connectivity index (χ1) is 31.2. The third-order valence-electron chi connectivity index (χ3n) is 12.3. The van der Waals surface area contributed by atoms with Crippen molar-refractivity contribution >= 4 is 34.4 Å². The van der Waals surface area contributed by atoms with Crippen molar-refractivity contribution < 1.29 is 32.5 Å². The van der Waals surface area contributed by atoms with Gasteiger partial charge in [-0.2, -0.15) is 0 Å². The maximum atomic E-state index is 13.4. The monoisotopic (exact) mass is 1010 g/mol. The summed E-state index contributed by atoms with van der Waals surface area (Å²) in [7, 11) is 4.11. The summed E-state index contributed by atoms with van der Waals surface area (Å²) in [5, 5.41) is 6.68. The van der Waals surface area contributed by atoms with Crippen molar-refractivity contribution in [3.05, 3.63) is 142 Å². The van der Waals surface area contributed by atoms with Gasteiger partial charge in [0, 0.05) is 53.2 Å². The first-order valence-electron chi connectivity index (χ1n) is 22.8. The van der Waals surface area contributed by atoms with Gasteiger partial charge in [0.2, 0.25) is 0 Å². The van der Waals surface area contributed by atoms with Crippen LogP contribution in [-0.2, 0) is 0 Å². The molecule has 3 saturated carbocycles. The molecule has 65 heavy (non-hydrogen) atoms. The second kappa shape index (κ2) is 26.9. The van der Waals surface area contributed by atoms with E-state index < -0.39 is 0 Å². The summed E-state index contributed by atoms with van der Waals surface area (Å²) in [4.78, 5) is 34.4. The zero-order chi connectivity index (χ0) is 45.1. The molecule has 2 amide bonds. The van der Waals surface area contributed by atoms with Gasteiger partial charge in [-0.3, -0.25) is 9.59 Å². The molecule has 5 aromatic rings. The average molecular weight is 1010 g/mol.